The highest BCUT2D eigenvalue weighted by Crippen LogP contribution is 2.28. The third-order valence-electron chi connectivity index (χ3n) is 4.47. The fourth-order valence-corrected chi connectivity index (χ4v) is 2.55. The van der Waals surface area contributed by atoms with Crippen LogP contribution in [0.4, 0.5) is 14.6 Å². The molecule has 0 saturated carbocycles. The van der Waals surface area contributed by atoms with Gasteiger partial charge in [0.1, 0.15) is 5.82 Å². The van der Waals surface area contributed by atoms with Gasteiger partial charge in [-0.05, 0) is 30.3 Å². The molecule has 0 fully saturated rings. The second-order valence-electron chi connectivity index (χ2n) is 6.69. The van der Waals surface area contributed by atoms with Crippen LogP contribution in [-0.2, 0) is 4.79 Å². The Morgan fingerprint density at radius 2 is 1.87 bits per heavy atom. The van der Waals surface area contributed by atoms with E-state index in [0.29, 0.717) is 30.2 Å². The number of carbonyl (C=O) groups excluding carboxylic acids is 1. The molecule has 0 unspecified atom stereocenters. The maximum Gasteiger partial charge on any atom is 0.239 e. The molecule has 0 aliphatic rings. The lowest BCUT2D eigenvalue weighted by Crippen LogP contribution is -2.33. The highest BCUT2D eigenvalue weighted by Gasteiger charge is 2.12. The summed E-state index contributed by atoms with van der Waals surface area (Å²) in [4.78, 5) is 27.1. The van der Waals surface area contributed by atoms with Gasteiger partial charge in [0.05, 0.1) is 24.3 Å². The number of likely N-dealkylation sites (N-methyl/N-ethyl adjacent to an activating group) is 2. The van der Waals surface area contributed by atoms with Crippen LogP contribution in [0.1, 0.15) is 6.92 Å². The standard InChI is InChI=1S/C21H21F2N5O2/c1-14(29)27(2)8-9-28(3)20-12-24-13-21(26-20)30-19-7-4-15(10-17(19)23)18-6-5-16(22)11-25-18/h4-7,10-13H,8-9H2,1-3H3. The van der Waals surface area contributed by atoms with E-state index in [1.165, 1.54) is 37.4 Å². The molecule has 2 heterocycles. The minimum absolute atomic E-state index is 0.0220. The van der Waals surface area contributed by atoms with Gasteiger partial charge in [-0.3, -0.25) is 14.8 Å². The van der Waals surface area contributed by atoms with Gasteiger partial charge in [0.2, 0.25) is 11.8 Å². The summed E-state index contributed by atoms with van der Waals surface area (Å²) in [6.07, 6.45) is 4.01. The van der Waals surface area contributed by atoms with Gasteiger partial charge in [-0.1, -0.05) is 0 Å². The van der Waals surface area contributed by atoms with E-state index < -0.39 is 11.6 Å². The second kappa shape index (κ2) is 9.25. The Morgan fingerprint density at radius 3 is 2.53 bits per heavy atom. The number of anilines is 1. The smallest absolute Gasteiger partial charge is 0.239 e. The molecule has 1 aromatic carbocycles. The van der Waals surface area contributed by atoms with Crippen LogP contribution in [0.3, 0.4) is 0 Å². The number of amides is 1. The highest BCUT2D eigenvalue weighted by atomic mass is 19.1. The predicted molar refractivity (Wildman–Crippen MR) is 108 cm³/mol. The number of carbonyl (C=O) groups is 1. The van der Waals surface area contributed by atoms with Crippen molar-refractivity contribution in [3.8, 4) is 22.9 Å². The molecule has 0 saturated heterocycles. The van der Waals surface area contributed by atoms with Gasteiger partial charge in [0.15, 0.2) is 17.4 Å². The molecule has 3 rings (SSSR count). The molecule has 30 heavy (non-hydrogen) atoms. The van der Waals surface area contributed by atoms with E-state index in [1.54, 1.807) is 24.2 Å². The topological polar surface area (TPSA) is 71.5 Å². The van der Waals surface area contributed by atoms with Crippen LogP contribution in [0.2, 0.25) is 0 Å². The van der Waals surface area contributed by atoms with Gasteiger partial charge in [0.25, 0.3) is 0 Å². The quantitative estimate of drug-likeness (QED) is 0.590. The van der Waals surface area contributed by atoms with Crippen molar-refractivity contribution in [1.82, 2.24) is 19.9 Å². The maximum absolute atomic E-state index is 14.5. The van der Waals surface area contributed by atoms with Crippen LogP contribution >= 0.6 is 0 Å². The molecule has 0 N–H and O–H groups in total. The number of pyridine rings is 1. The summed E-state index contributed by atoms with van der Waals surface area (Å²) in [6, 6.07) is 7.07. The van der Waals surface area contributed by atoms with Crippen molar-refractivity contribution >= 4 is 11.7 Å². The number of hydrogen-bond donors (Lipinski definition) is 0. The summed E-state index contributed by atoms with van der Waals surface area (Å²) in [5.41, 5.74) is 0.940. The Kier molecular flexibility index (Phi) is 6.51. The van der Waals surface area contributed by atoms with Crippen molar-refractivity contribution in [3.05, 3.63) is 60.6 Å². The van der Waals surface area contributed by atoms with Crippen LogP contribution in [0, 0.1) is 11.6 Å². The first-order valence-electron chi connectivity index (χ1n) is 9.17. The van der Waals surface area contributed by atoms with Crippen molar-refractivity contribution in [3.63, 3.8) is 0 Å². The van der Waals surface area contributed by atoms with Gasteiger partial charge < -0.3 is 14.5 Å². The van der Waals surface area contributed by atoms with Crippen molar-refractivity contribution < 1.29 is 18.3 Å². The summed E-state index contributed by atoms with van der Waals surface area (Å²) < 4.78 is 33.1. The summed E-state index contributed by atoms with van der Waals surface area (Å²) in [5, 5.41) is 0. The number of nitrogens with zero attached hydrogens (tertiary/aromatic N) is 5. The molecule has 0 radical (unpaired) electrons. The van der Waals surface area contributed by atoms with Crippen molar-refractivity contribution in [2.75, 3.05) is 32.1 Å². The molecule has 0 atom stereocenters. The number of benzene rings is 1. The monoisotopic (exact) mass is 413 g/mol. The van der Waals surface area contributed by atoms with Crippen molar-refractivity contribution in [1.29, 1.82) is 0 Å². The number of rotatable bonds is 7. The minimum Gasteiger partial charge on any atom is -0.434 e. The van der Waals surface area contributed by atoms with Crippen LogP contribution in [0.15, 0.2) is 48.9 Å². The molecule has 1 amide bonds. The minimum atomic E-state index is -0.609. The van der Waals surface area contributed by atoms with Gasteiger partial charge in [-0.15, -0.1) is 0 Å². The van der Waals surface area contributed by atoms with E-state index in [0.717, 1.165) is 6.20 Å². The van der Waals surface area contributed by atoms with Crippen LogP contribution in [0.5, 0.6) is 11.6 Å². The lowest BCUT2D eigenvalue weighted by Gasteiger charge is -2.22. The largest absolute Gasteiger partial charge is 0.434 e. The number of hydrogen-bond acceptors (Lipinski definition) is 6. The average molecular weight is 413 g/mol. The Balaban J connectivity index is 1.71. The molecule has 7 nitrogen and oxygen atoms in total. The molecule has 0 spiro atoms. The fraction of sp³-hybridized carbons (Fsp3) is 0.238. The third-order valence-corrected chi connectivity index (χ3v) is 4.47. The Hall–Kier alpha value is -3.62. The normalized spacial score (nSPS) is 10.6. The number of halogens is 2. The third kappa shape index (κ3) is 5.25. The van der Waals surface area contributed by atoms with E-state index in [2.05, 4.69) is 15.0 Å². The average Bonchev–Trinajstić information content (AvgIpc) is 2.74. The van der Waals surface area contributed by atoms with Gasteiger partial charge in [-0.2, -0.15) is 4.98 Å². The SMILES string of the molecule is CC(=O)N(C)CCN(C)c1cncc(Oc2ccc(-c3ccc(F)cn3)cc2F)n1. The van der Waals surface area contributed by atoms with E-state index in [4.69, 9.17) is 4.74 Å². The first-order valence-corrected chi connectivity index (χ1v) is 9.17. The molecule has 0 aliphatic carbocycles. The molecule has 9 heteroatoms. The van der Waals surface area contributed by atoms with Crippen molar-refractivity contribution in [2.24, 2.45) is 0 Å². The van der Waals surface area contributed by atoms with Gasteiger partial charge in [0, 0.05) is 39.7 Å². The zero-order chi connectivity index (χ0) is 21.7. The van der Waals surface area contributed by atoms with Gasteiger partial charge >= 0.3 is 0 Å². The summed E-state index contributed by atoms with van der Waals surface area (Å²) in [7, 11) is 3.53. The van der Waals surface area contributed by atoms with E-state index in [9.17, 15) is 13.6 Å². The zero-order valence-electron chi connectivity index (χ0n) is 16.8. The molecular weight excluding hydrogens is 392 g/mol. The van der Waals surface area contributed by atoms with E-state index >= 15 is 0 Å². The van der Waals surface area contributed by atoms with E-state index in [1.807, 2.05) is 11.9 Å². The van der Waals surface area contributed by atoms with Crippen LogP contribution < -0.4 is 9.64 Å². The Morgan fingerprint density at radius 1 is 1.07 bits per heavy atom. The molecule has 3 aromatic rings. The first kappa shape index (κ1) is 21.1. The molecular formula is C21H21F2N5O2. The zero-order valence-corrected chi connectivity index (χ0v) is 16.8. The maximum atomic E-state index is 14.5. The number of aromatic nitrogens is 3. The second-order valence-corrected chi connectivity index (χ2v) is 6.69. The number of ether oxygens (including phenoxy) is 1. The van der Waals surface area contributed by atoms with Crippen LogP contribution in [0.25, 0.3) is 11.3 Å². The highest BCUT2D eigenvalue weighted by molar-refractivity contribution is 5.72. The van der Waals surface area contributed by atoms with Crippen molar-refractivity contribution in [2.45, 2.75) is 6.92 Å². The van der Waals surface area contributed by atoms with E-state index in [-0.39, 0.29) is 17.5 Å². The molecule has 0 bridgehead atoms. The van der Waals surface area contributed by atoms with Gasteiger partial charge in [-0.25, -0.2) is 8.78 Å². The first-order chi connectivity index (χ1) is 14.3. The summed E-state index contributed by atoms with van der Waals surface area (Å²) >= 11 is 0. The fourth-order valence-electron chi connectivity index (χ4n) is 2.55. The molecule has 0 aliphatic heterocycles. The summed E-state index contributed by atoms with van der Waals surface area (Å²) in [5.74, 6) is -0.465. The predicted octanol–water partition coefficient (Wildman–Crippen LogP) is 3.52. The molecule has 156 valence electrons. The summed E-state index contributed by atoms with van der Waals surface area (Å²) in [6.45, 7) is 2.56. The lowest BCUT2D eigenvalue weighted by atomic mass is 10.1. The molecule has 2 aromatic heterocycles. The Labute approximate surface area is 173 Å². The Bertz CT molecular complexity index is 1030. The lowest BCUT2D eigenvalue weighted by molar-refractivity contribution is -0.127. The van der Waals surface area contributed by atoms with Crippen LogP contribution in [-0.4, -0.2) is 52.9 Å².